The van der Waals surface area contributed by atoms with Crippen LogP contribution in [0.1, 0.15) is 31.1 Å². The molecule has 2 aromatic rings. The van der Waals surface area contributed by atoms with Crippen LogP contribution in [-0.4, -0.2) is 33.6 Å². The second kappa shape index (κ2) is 11.9. The molecule has 2 rings (SSSR count). The molecule has 0 heterocycles. The molecule has 2 aromatic carbocycles. The zero-order valence-corrected chi connectivity index (χ0v) is 17.3. The Labute approximate surface area is 172 Å². The van der Waals surface area contributed by atoms with Crippen LogP contribution >= 0.6 is 0 Å². The van der Waals surface area contributed by atoms with Gasteiger partial charge in [-0.15, -0.1) is 0 Å². The van der Waals surface area contributed by atoms with Gasteiger partial charge in [0.05, 0.1) is 13.7 Å². The van der Waals surface area contributed by atoms with Crippen molar-refractivity contribution >= 4 is 5.97 Å². The molecule has 29 heavy (non-hydrogen) atoms. The summed E-state index contributed by atoms with van der Waals surface area (Å²) < 4.78 is 27.3. The van der Waals surface area contributed by atoms with E-state index in [0.29, 0.717) is 30.3 Å². The van der Waals surface area contributed by atoms with Gasteiger partial charge in [0.2, 0.25) is 0 Å². The van der Waals surface area contributed by atoms with Gasteiger partial charge in [-0.1, -0.05) is 30.3 Å². The second-order valence-electron chi connectivity index (χ2n) is 6.24. The monoisotopic (exact) mass is 400 g/mol. The van der Waals surface area contributed by atoms with E-state index in [4.69, 9.17) is 23.7 Å². The molecule has 0 aliphatic carbocycles. The second-order valence-corrected chi connectivity index (χ2v) is 6.24. The van der Waals surface area contributed by atoms with Crippen molar-refractivity contribution in [3.63, 3.8) is 0 Å². The molecular formula is C23H28O6. The van der Waals surface area contributed by atoms with E-state index in [1.54, 1.807) is 33.1 Å². The number of rotatable bonds is 11. The van der Waals surface area contributed by atoms with E-state index in [0.717, 1.165) is 11.1 Å². The van der Waals surface area contributed by atoms with E-state index in [-0.39, 0.29) is 12.8 Å². The Morgan fingerprint density at radius 2 is 1.86 bits per heavy atom. The van der Waals surface area contributed by atoms with Crippen LogP contribution in [-0.2, 0) is 25.6 Å². The molecule has 0 aliphatic rings. The number of hydrogen-bond acceptors (Lipinski definition) is 6. The number of hydrogen-bond donors (Lipinski definition) is 0. The molecule has 0 aliphatic heterocycles. The Bertz CT molecular complexity index is 800. The summed E-state index contributed by atoms with van der Waals surface area (Å²) in [7, 11) is 3.12. The molecule has 0 amide bonds. The summed E-state index contributed by atoms with van der Waals surface area (Å²) in [5.41, 5.74) is 2.27. The van der Waals surface area contributed by atoms with Gasteiger partial charge in [-0.2, -0.15) is 0 Å². The number of esters is 1. The fraction of sp³-hybridized carbons (Fsp3) is 0.348. The first-order valence-corrected chi connectivity index (χ1v) is 9.39. The third kappa shape index (κ3) is 6.93. The molecule has 0 aromatic heterocycles. The maximum Gasteiger partial charge on any atom is 0.333 e. The molecule has 0 fully saturated rings. The summed E-state index contributed by atoms with van der Waals surface area (Å²) in [6.45, 7) is 4.28. The standard InChI is InChI=1S/C23H28O6/c1-5-27-23(24)17(2)13-22(29-16-25-3)20-12-11-19(14-21(20)26-4)28-15-18-9-7-6-8-10-18/h6-14,22H,5,15-16H2,1-4H3/b17-13+/t22-/m1/s1. The molecule has 0 radical (unpaired) electrons. The third-order valence-electron chi connectivity index (χ3n) is 4.12. The van der Waals surface area contributed by atoms with Gasteiger partial charge >= 0.3 is 5.97 Å². The summed E-state index contributed by atoms with van der Waals surface area (Å²) in [4.78, 5) is 12.0. The lowest BCUT2D eigenvalue weighted by molar-refractivity contribution is -0.138. The lowest BCUT2D eigenvalue weighted by atomic mass is 10.0. The average molecular weight is 400 g/mol. The number of benzene rings is 2. The predicted octanol–water partition coefficient (Wildman–Crippen LogP) is 4.45. The van der Waals surface area contributed by atoms with Crippen molar-refractivity contribution in [1.29, 1.82) is 0 Å². The SMILES string of the molecule is CCOC(=O)/C(C)=C/[C@@H](OCOC)c1ccc(OCc2ccccc2)cc1OC. The van der Waals surface area contributed by atoms with E-state index in [2.05, 4.69) is 0 Å². The maximum atomic E-state index is 12.0. The highest BCUT2D eigenvalue weighted by Crippen LogP contribution is 2.33. The van der Waals surface area contributed by atoms with Gasteiger partial charge in [-0.3, -0.25) is 0 Å². The Balaban J connectivity index is 2.23. The van der Waals surface area contributed by atoms with Crippen molar-refractivity contribution in [1.82, 2.24) is 0 Å². The molecule has 0 bridgehead atoms. The van der Waals surface area contributed by atoms with Crippen LogP contribution in [0, 0.1) is 0 Å². The van der Waals surface area contributed by atoms with Crippen molar-refractivity contribution in [2.45, 2.75) is 26.6 Å². The third-order valence-corrected chi connectivity index (χ3v) is 4.12. The number of carbonyl (C=O) groups excluding carboxylic acids is 1. The lowest BCUT2D eigenvalue weighted by Crippen LogP contribution is -2.11. The Morgan fingerprint density at radius 1 is 1.10 bits per heavy atom. The summed E-state index contributed by atoms with van der Waals surface area (Å²) in [6.07, 6.45) is 1.15. The van der Waals surface area contributed by atoms with Gasteiger partial charge in [0.15, 0.2) is 0 Å². The van der Waals surface area contributed by atoms with Crippen LogP contribution in [0.5, 0.6) is 11.5 Å². The van der Waals surface area contributed by atoms with Crippen molar-refractivity contribution in [3.05, 3.63) is 71.3 Å². The summed E-state index contributed by atoms with van der Waals surface area (Å²) in [6, 6.07) is 15.4. The van der Waals surface area contributed by atoms with E-state index < -0.39 is 6.10 Å². The molecule has 0 saturated heterocycles. The normalized spacial score (nSPS) is 12.3. The topological polar surface area (TPSA) is 63.2 Å². The minimum Gasteiger partial charge on any atom is -0.496 e. The molecule has 1 atom stereocenters. The van der Waals surface area contributed by atoms with Crippen LogP contribution < -0.4 is 9.47 Å². The molecule has 6 heteroatoms. The van der Waals surface area contributed by atoms with Crippen molar-refractivity contribution < 1.29 is 28.5 Å². The van der Waals surface area contributed by atoms with E-state index in [1.165, 1.54) is 7.11 Å². The first-order valence-electron chi connectivity index (χ1n) is 9.39. The molecule has 156 valence electrons. The minimum atomic E-state index is -0.544. The van der Waals surface area contributed by atoms with Gasteiger partial charge in [-0.05, 0) is 37.6 Å². The van der Waals surface area contributed by atoms with Gasteiger partial charge in [0.25, 0.3) is 0 Å². The summed E-state index contributed by atoms with van der Waals surface area (Å²) in [5.74, 6) is 0.871. The highest BCUT2D eigenvalue weighted by atomic mass is 16.7. The van der Waals surface area contributed by atoms with E-state index >= 15 is 0 Å². The lowest BCUT2D eigenvalue weighted by Gasteiger charge is -2.19. The molecule has 0 N–H and O–H groups in total. The molecular weight excluding hydrogens is 372 g/mol. The van der Waals surface area contributed by atoms with Crippen molar-refractivity contribution in [2.75, 3.05) is 27.6 Å². The largest absolute Gasteiger partial charge is 0.496 e. The Hall–Kier alpha value is -2.83. The molecule has 0 saturated carbocycles. The van der Waals surface area contributed by atoms with Crippen molar-refractivity contribution in [3.8, 4) is 11.5 Å². The highest BCUT2D eigenvalue weighted by molar-refractivity contribution is 5.87. The van der Waals surface area contributed by atoms with Gasteiger partial charge in [-0.25, -0.2) is 4.79 Å². The van der Waals surface area contributed by atoms with Gasteiger partial charge < -0.3 is 23.7 Å². The summed E-state index contributed by atoms with van der Waals surface area (Å²) in [5, 5.41) is 0. The quantitative estimate of drug-likeness (QED) is 0.316. The molecule has 6 nitrogen and oxygen atoms in total. The van der Waals surface area contributed by atoms with E-state index in [9.17, 15) is 4.79 Å². The molecule has 0 spiro atoms. The van der Waals surface area contributed by atoms with Crippen LogP contribution in [0.15, 0.2) is 60.2 Å². The highest BCUT2D eigenvalue weighted by Gasteiger charge is 2.18. The zero-order chi connectivity index (χ0) is 21.1. The maximum absolute atomic E-state index is 12.0. The Kier molecular flexibility index (Phi) is 9.21. The van der Waals surface area contributed by atoms with Crippen molar-refractivity contribution in [2.24, 2.45) is 0 Å². The van der Waals surface area contributed by atoms with Gasteiger partial charge in [0, 0.05) is 24.3 Å². The van der Waals surface area contributed by atoms with E-state index in [1.807, 2.05) is 42.5 Å². The average Bonchev–Trinajstić information content (AvgIpc) is 2.75. The molecule has 0 unspecified atom stereocenters. The number of carbonyl (C=O) groups is 1. The predicted molar refractivity (Wildman–Crippen MR) is 110 cm³/mol. The van der Waals surface area contributed by atoms with Crippen LogP contribution in [0.3, 0.4) is 0 Å². The fourth-order valence-electron chi connectivity index (χ4n) is 2.67. The fourth-order valence-corrected chi connectivity index (χ4v) is 2.67. The first-order chi connectivity index (χ1) is 14.1. The number of methoxy groups -OCH3 is 2. The Morgan fingerprint density at radius 3 is 2.52 bits per heavy atom. The zero-order valence-electron chi connectivity index (χ0n) is 17.3. The van der Waals surface area contributed by atoms with Crippen LogP contribution in [0.2, 0.25) is 0 Å². The van der Waals surface area contributed by atoms with Crippen LogP contribution in [0.25, 0.3) is 0 Å². The minimum absolute atomic E-state index is 0.0622. The number of ether oxygens (including phenoxy) is 5. The summed E-state index contributed by atoms with van der Waals surface area (Å²) >= 11 is 0. The first kappa shape index (κ1) is 22.5. The smallest absolute Gasteiger partial charge is 0.333 e. The van der Waals surface area contributed by atoms with Crippen LogP contribution in [0.4, 0.5) is 0 Å². The van der Waals surface area contributed by atoms with Gasteiger partial charge in [0.1, 0.15) is 31.0 Å².